The largest absolute Gasteiger partial charge is 0.384 e. The molecule has 1 aromatic rings. The highest BCUT2D eigenvalue weighted by molar-refractivity contribution is 5.90. The zero-order valence-corrected chi connectivity index (χ0v) is 16.3. The number of piperidine rings is 1. The average Bonchev–Trinajstić information content (AvgIpc) is 2.68. The molecular weight excluding hydrogens is 344 g/mol. The molecule has 0 radical (unpaired) electrons. The van der Waals surface area contributed by atoms with Gasteiger partial charge in [-0.25, -0.2) is 4.79 Å². The number of hydrogen-bond acceptors (Lipinski definition) is 4. The average molecular weight is 374 g/mol. The molecule has 0 aliphatic carbocycles. The van der Waals surface area contributed by atoms with Crippen LogP contribution in [-0.2, 0) is 9.53 Å². The van der Waals surface area contributed by atoms with Crippen LogP contribution in [0.15, 0.2) is 24.3 Å². The Morgan fingerprint density at radius 3 is 2.44 bits per heavy atom. The minimum Gasteiger partial charge on any atom is -0.384 e. The van der Waals surface area contributed by atoms with E-state index in [4.69, 9.17) is 4.74 Å². The van der Waals surface area contributed by atoms with E-state index in [0.717, 1.165) is 37.2 Å². The van der Waals surface area contributed by atoms with E-state index in [-0.39, 0.29) is 11.9 Å². The molecule has 0 aromatic heterocycles. The molecule has 148 valence electrons. The number of urea groups is 1. The highest BCUT2D eigenvalue weighted by atomic mass is 16.5. The number of nitrogens with zero attached hydrogens (tertiary/aromatic N) is 2. The Bertz CT molecular complexity index is 659. The highest BCUT2D eigenvalue weighted by Gasteiger charge is 2.43. The van der Waals surface area contributed by atoms with Crippen LogP contribution >= 0.6 is 0 Å². The fourth-order valence-corrected chi connectivity index (χ4v) is 3.97. The maximum absolute atomic E-state index is 13.2. The van der Waals surface area contributed by atoms with Gasteiger partial charge in [-0.15, -0.1) is 0 Å². The molecular formula is C20H30N4O3. The minimum atomic E-state index is -0.425. The van der Waals surface area contributed by atoms with Crippen molar-refractivity contribution in [1.29, 1.82) is 0 Å². The summed E-state index contributed by atoms with van der Waals surface area (Å²) in [5, 5.41) is 6.26. The summed E-state index contributed by atoms with van der Waals surface area (Å²) < 4.78 is 5.38. The van der Waals surface area contributed by atoms with E-state index in [1.165, 1.54) is 0 Å². The van der Waals surface area contributed by atoms with Gasteiger partial charge in [0.05, 0.1) is 12.0 Å². The Labute approximate surface area is 161 Å². The van der Waals surface area contributed by atoms with Gasteiger partial charge in [0.1, 0.15) is 0 Å². The molecule has 2 aliphatic heterocycles. The number of anilines is 1. The van der Waals surface area contributed by atoms with E-state index in [9.17, 15) is 9.59 Å². The van der Waals surface area contributed by atoms with Gasteiger partial charge in [-0.2, -0.15) is 0 Å². The van der Waals surface area contributed by atoms with Gasteiger partial charge in [-0.3, -0.25) is 4.79 Å². The second-order valence-corrected chi connectivity index (χ2v) is 7.54. The molecule has 27 heavy (non-hydrogen) atoms. The number of methoxy groups -OCH3 is 1. The number of hydrogen-bond donors (Lipinski definition) is 2. The van der Waals surface area contributed by atoms with Crippen molar-refractivity contribution in [3.63, 3.8) is 0 Å². The Morgan fingerprint density at radius 2 is 1.81 bits per heavy atom. The van der Waals surface area contributed by atoms with Gasteiger partial charge >= 0.3 is 6.03 Å². The molecule has 0 bridgehead atoms. The van der Waals surface area contributed by atoms with Crippen LogP contribution in [0, 0.1) is 12.3 Å². The van der Waals surface area contributed by atoms with Crippen LogP contribution in [0.4, 0.5) is 10.5 Å². The Morgan fingerprint density at radius 1 is 1.15 bits per heavy atom. The minimum absolute atomic E-state index is 0.110. The first-order chi connectivity index (χ1) is 13.0. The van der Waals surface area contributed by atoms with Crippen molar-refractivity contribution in [3.05, 3.63) is 29.8 Å². The fraction of sp³-hybridized carbons (Fsp3) is 0.600. The third-order valence-electron chi connectivity index (χ3n) is 5.56. The van der Waals surface area contributed by atoms with E-state index in [2.05, 4.69) is 10.6 Å². The maximum Gasteiger partial charge on any atom is 0.321 e. The number of nitrogens with one attached hydrogen (secondary N) is 2. The summed E-state index contributed by atoms with van der Waals surface area (Å²) in [4.78, 5) is 29.4. The fourth-order valence-electron chi connectivity index (χ4n) is 3.97. The van der Waals surface area contributed by atoms with Gasteiger partial charge in [0.15, 0.2) is 0 Å². The predicted molar refractivity (Wildman–Crippen MR) is 105 cm³/mol. The van der Waals surface area contributed by atoms with E-state index in [1.54, 1.807) is 12.0 Å². The van der Waals surface area contributed by atoms with Crippen molar-refractivity contribution in [3.8, 4) is 0 Å². The second kappa shape index (κ2) is 8.71. The monoisotopic (exact) mass is 374 g/mol. The van der Waals surface area contributed by atoms with Crippen molar-refractivity contribution in [1.82, 2.24) is 15.1 Å². The Kier molecular flexibility index (Phi) is 6.34. The second-order valence-electron chi connectivity index (χ2n) is 7.54. The summed E-state index contributed by atoms with van der Waals surface area (Å²) in [5.41, 5.74) is 1.48. The summed E-state index contributed by atoms with van der Waals surface area (Å²) >= 11 is 0. The number of piperazine rings is 1. The first kappa shape index (κ1) is 19.6. The van der Waals surface area contributed by atoms with E-state index in [0.29, 0.717) is 32.8 Å². The quantitative estimate of drug-likeness (QED) is 0.841. The first-order valence-electron chi connectivity index (χ1n) is 9.66. The molecule has 2 heterocycles. The molecule has 3 amide bonds. The number of ether oxygens (including phenoxy) is 1. The number of aryl methyl sites for hydroxylation is 1. The molecule has 3 rings (SSSR count). The lowest BCUT2D eigenvalue weighted by molar-refractivity contribution is -0.149. The summed E-state index contributed by atoms with van der Waals surface area (Å²) in [7, 11) is 1.66. The van der Waals surface area contributed by atoms with Crippen molar-refractivity contribution in [2.45, 2.75) is 19.8 Å². The predicted octanol–water partition coefficient (Wildman–Crippen LogP) is 1.69. The SMILES string of the molecule is COCC1(C(=O)N2CCN(C(=O)Nc3cccc(C)c3)CC2)CCNCC1. The van der Waals surface area contributed by atoms with Crippen molar-refractivity contribution in [2.75, 3.05) is 58.3 Å². The zero-order chi connectivity index (χ0) is 19.3. The van der Waals surface area contributed by atoms with Gasteiger partial charge in [0.25, 0.3) is 0 Å². The third kappa shape index (κ3) is 4.59. The number of benzene rings is 1. The van der Waals surface area contributed by atoms with E-state index < -0.39 is 5.41 Å². The van der Waals surface area contributed by atoms with Crippen LogP contribution in [0.25, 0.3) is 0 Å². The zero-order valence-electron chi connectivity index (χ0n) is 16.3. The van der Waals surface area contributed by atoms with Crippen molar-refractivity contribution < 1.29 is 14.3 Å². The molecule has 0 atom stereocenters. The molecule has 0 unspecified atom stereocenters. The maximum atomic E-state index is 13.2. The van der Waals surface area contributed by atoms with Crippen LogP contribution in [0.5, 0.6) is 0 Å². The number of carbonyl (C=O) groups excluding carboxylic acids is 2. The van der Waals surface area contributed by atoms with E-state index in [1.807, 2.05) is 36.1 Å². The van der Waals surface area contributed by atoms with Gasteiger partial charge in [0.2, 0.25) is 5.91 Å². The molecule has 2 saturated heterocycles. The topological polar surface area (TPSA) is 73.9 Å². The Hall–Kier alpha value is -2.12. The van der Waals surface area contributed by atoms with Crippen LogP contribution in [-0.4, -0.2) is 74.7 Å². The van der Waals surface area contributed by atoms with Gasteiger partial charge in [0, 0.05) is 39.0 Å². The highest BCUT2D eigenvalue weighted by Crippen LogP contribution is 2.32. The van der Waals surface area contributed by atoms with Gasteiger partial charge in [-0.05, 0) is 50.6 Å². The first-order valence-corrected chi connectivity index (χ1v) is 9.66. The number of rotatable bonds is 4. The van der Waals surface area contributed by atoms with Crippen LogP contribution in [0.1, 0.15) is 18.4 Å². The van der Waals surface area contributed by atoms with Crippen LogP contribution in [0.3, 0.4) is 0 Å². The number of amides is 3. The molecule has 0 saturated carbocycles. The Balaban J connectivity index is 1.56. The van der Waals surface area contributed by atoms with Crippen molar-refractivity contribution in [2.24, 2.45) is 5.41 Å². The summed E-state index contributed by atoms with van der Waals surface area (Å²) in [6.07, 6.45) is 1.60. The molecule has 7 heteroatoms. The molecule has 2 fully saturated rings. The smallest absolute Gasteiger partial charge is 0.321 e. The van der Waals surface area contributed by atoms with E-state index >= 15 is 0 Å². The molecule has 7 nitrogen and oxygen atoms in total. The summed E-state index contributed by atoms with van der Waals surface area (Å²) in [5.74, 6) is 0.171. The third-order valence-corrected chi connectivity index (χ3v) is 5.56. The standard InChI is InChI=1S/C20H30N4O3/c1-16-4-3-5-17(14-16)22-19(26)24-12-10-23(11-13-24)18(25)20(15-27-2)6-8-21-9-7-20/h3-5,14,21H,6-13,15H2,1-2H3,(H,22,26). The normalized spacial score (nSPS) is 19.6. The van der Waals surface area contributed by atoms with Crippen LogP contribution < -0.4 is 10.6 Å². The number of carbonyl (C=O) groups is 2. The summed E-state index contributed by atoms with van der Waals surface area (Å²) in [6.45, 7) is 6.37. The molecule has 2 aliphatic rings. The molecule has 0 spiro atoms. The summed E-state index contributed by atoms with van der Waals surface area (Å²) in [6, 6.07) is 7.65. The lowest BCUT2D eigenvalue weighted by Crippen LogP contribution is -2.57. The lowest BCUT2D eigenvalue weighted by Gasteiger charge is -2.42. The van der Waals surface area contributed by atoms with Crippen molar-refractivity contribution >= 4 is 17.6 Å². The molecule has 1 aromatic carbocycles. The van der Waals surface area contributed by atoms with Gasteiger partial charge < -0.3 is 25.2 Å². The van der Waals surface area contributed by atoms with Crippen LogP contribution in [0.2, 0.25) is 0 Å². The van der Waals surface area contributed by atoms with Gasteiger partial charge in [-0.1, -0.05) is 12.1 Å². The lowest BCUT2D eigenvalue weighted by atomic mass is 9.78. The molecule has 2 N–H and O–H groups in total.